The number of rotatable bonds is 5. The summed E-state index contributed by atoms with van der Waals surface area (Å²) < 4.78 is 0. The van der Waals surface area contributed by atoms with Crippen LogP contribution in [0, 0.1) is 0 Å². The topological polar surface area (TPSA) is 113 Å². The number of fused-ring (bicyclic) bond motifs is 3. The van der Waals surface area contributed by atoms with Crippen LogP contribution < -0.4 is 10.6 Å². The lowest BCUT2D eigenvalue weighted by Crippen LogP contribution is -2.42. The van der Waals surface area contributed by atoms with Gasteiger partial charge in [-0.15, -0.1) is 0 Å². The van der Waals surface area contributed by atoms with Crippen molar-refractivity contribution in [2.75, 3.05) is 5.32 Å². The Balaban J connectivity index is 1.87. The zero-order chi connectivity index (χ0) is 18.8. The van der Waals surface area contributed by atoms with Crippen molar-refractivity contribution in [2.24, 2.45) is 0 Å². The zero-order valence-corrected chi connectivity index (χ0v) is 13.9. The lowest BCUT2D eigenvalue weighted by Gasteiger charge is -2.15. The Hall–Kier alpha value is -3.48. The summed E-state index contributed by atoms with van der Waals surface area (Å²) in [5, 5.41) is 14.0. The van der Waals surface area contributed by atoms with Crippen molar-refractivity contribution in [1.82, 2.24) is 5.32 Å². The van der Waals surface area contributed by atoms with E-state index in [0.717, 1.165) is 5.56 Å². The molecule has 0 radical (unpaired) electrons. The van der Waals surface area contributed by atoms with Crippen LogP contribution in [-0.4, -0.2) is 34.7 Å². The van der Waals surface area contributed by atoms with Crippen molar-refractivity contribution in [3.63, 3.8) is 0 Å². The molecule has 0 bridgehead atoms. The summed E-state index contributed by atoms with van der Waals surface area (Å²) >= 11 is 0. The van der Waals surface area contributed by atoms with Crippen molar-refractivity contribution in [3.05, 3.63) is 53.6 Å². The first-order valence-corrected chi connectivity index (χ1v) is 7.95. The van der Waals surface area contributed by atoms with Crippen LogP contribution in [0.4, 0.5) is 5.69 Å². The number of hydrogen-bond acceptors (Lipinski definition) is 4. The highest BCUT2D eigenvalue weighted by Gasteiger charge is 2.29. The molecule has 0 saturated carbocycles. The maximum atomic E-state index is 12.5. The van der Waals surface area contributed by atoms with Gasteiger partial charge in [0.15, 0.2) is 5.78 Å². The Bertz CT molecular complexity index is 935. The first kappa shape index (κ1) is 17.3. The smallest absolute Gasteiger partial charge is 0.326 e. The molecule has 0 spiro atoms. The SMILES string of the molecule is CC(=O)NC(CC(=O)Nc1cccc2c1-c1ccccc1C2=O)C(=O)O. The Morgan fingerprint density at radius 3 is 2.31 bits per heavy atom. The van der Waals surface area contributed by atoms with Crippen LogP contribution in [0.1, 0.15) is 29.3 Å². The van der Waals surface area contributed by atoms with Crippen LogP contribution in [0.25, 0.3) is 11.1 Å². The summed E-state index contributed by atoms with van der Waals surface area (Å²) in [7, 11) is 0. The van der Waals surface area contributed by atoms with Gasteiger partial charge in [-0.2, -0.15) is 0 Å². The number of anilines is 1. The lowest BCUT2D eigenvalue weighted by molar-refractivity contribution is -0.142. The molecule has 1 atom stereocenters. The minimum Gasteiger partial charge on any atom is -0.480 e. The largest absolute Gasteiger partial charge is 0.480 e. The van der Waals surface area contributed by atoms with Gasteiger partial charge in [-0.3, -0.25) is 14.4 Å². The third kappa shape index (κ3) is 3.19. The van der Waals surface area contributed by atoms with Gasteiger partial charge in [0.05, 0.1) is 6.42 Å². The number of ketones is 1. The van der Waals surface area contributed by atoms with Crippen molar-refractivity contribution in [2.45, 2.75) is 19.4 Å². The van der Waals surface area contributed by atoms with Crippen molar-refractivity contribution in [3.8, 4) is 11.1 Å². The van der Waals surface area contributed by atoms with E-state index < -0.39 is 30.2 Å². The number of hydrogen-bond donors (Lipinski definition) is 3. The van der Waals surface area contributed by atoms with Gasteiger partial charge in [-0.25, -0.2) is 4.79 Å². The predicted octanol–water partition coefficient (Wildman–Crippen LogP) is 1.82. The van der Waals surface area contributed by atoms with Gasteiger partial charge in [0.25, 0.3) is 0 Å². The average Bonchev–Trinajstić information content (AvgIpc) is 2.88. The number of carboxylic acid groups (broad SMARTS) is 1. The summed E-state index contributed by atoms with van der Waals surface area (Å²) in [5.74, 6) is -2.52. The molecule has 7 nitrogen and oxygen atoms in total. The van der Waals surface area contributed by atoms with Gasteiger partial charge in [0.1, 0.15) is 6.04 Å². The number of carbonyl (C=O) groups excluding carboxylic acids is 3. The molecule has 2 aromatic rings. The molecule has 0 heterocycles. The molecule has 3 rings (SSSR count). The van der Waals surface area contributed by atoms with E-state index >= 15 is 0 Å². The summed E-state index contributed by atoms with van der Waals surface area (Å²) in [6, 6.07) is 10.8. The molecular formula is C19H16N2O5. The Kier molecular flexibility index (Phi) is 4.53. The van der Waals surface area contributed by atoms with E-state index in [9.17, 15) is 19.2 Å². The molecule has 2 amide bonds. The summed E-state index contributed by atoms with van der Waals surface area (Å²) in [4.78, 5) is 47.0. The number of nitrogens with one attached hydrogen (secondary N) is 2. The molecule has 3 N–H and O–H groups in total. The fourth-order valence-corrected chi connectivity index (χ4v) is 3.01. The van der Waals surface area contributed by atoms with Crippen LogP contribution in [0.3, 0.4) is 0 Å². The van der Waals surface area contributed by atoms with Crippen LogP contribution in [-0.2, 0) is 14.4 Å². The van der Waals surface area contributed by atoms with Gasteiger partial charge in [-0.05, 0) is 11.6 Å². The van der Waals surface area contributed by atoms with Crippen molar-refractivity contribution < 1.29 is 24.3 Å². The van der Waals surface area contributed by atoms with Crippen molar-refractivity contribution >= 4 is 29.3 Å². The fraction of sp³-hybridized carbons (Fsp3) is 0.158. The molecule has 1 aliphatic carbocycles. The molecule has 0 aromatic heterocycles. The highest BCUT2D eigenvalue weighted by molar-refractivity contribution is 6.24. The monoisotopic (exact) mass is 352 g/mol. The van der Waals surface area contributed by atoms with Gasteiger partial charge in [-0.1, -0.05) is 36.4 Å². The van der Waals surface area contributed by atoms with E-state index in [2.05, 4.69) is 10.6 Å². The van der Waals surface area contributed by atoms with Gasteiger partial charge >= 0.3 is 5.97 Å². The fourth-order valence-electron chi connectivity index (χ4n) is 3.01. The third-order valence-electron chi connectivity index (χ3n) is 4.09. The number of aliphatic carboxylic acids is 1. The van der Waals surface area contributed by atoms with Gasteiger partial charge in [0.2, 0.25) is 11.8 Å². The first-order valence-electron chi connectivity index (χ1n) is 7.95. The number of amides is 2. The second kappa shape index (κ2) is 6.79. The van der Waals surface area contributed by atoms with Gasteiger partial charge in [0, 0.05) is 29.3 Å². The third-order valence-corrected chi connectivity index (χ3v) is 4.09. The Labute approximate surface area is 149 Å². The molecule has 132 valence electrons. The molecule has 2 aromatic carbocycles. The molecule has 0 fully saturated rings. The standard InChI is InChI=1S/C19H16N2O5/c1-10(22)20-15(19(25)26)9-16(23)21-14-8-4-7-13-17(14)11-5-2-3-6-12(11)18(13)24/h2-8,15H,9H2,1H3,(H,20,22)(H,21,23)(H,25,26). The van der Waals surface area contributed by atoms with Crippen LogP contribution >= 0.6 is 0 Å². The first-order chi connectivity index (χ1) is 12.4. The van der Waals surface area contributed by atoms with Gasteiger partial charge < -0.3 is 15.7 Å². The van der Waals surface area contributed by atoms with E-state index in [0.29, 0.717) is 22.4 Å². The van der Waals surface area contributed by atoms with Crippen molar-refractivity contribution in [1.29, 1.82) is 0 Å². The zero-order valence-electron chi connectivity index (χ0n) is 13.9. The molecule has 7 heteroatoms. The molecular weight excluding hydrogens is 336 g/mol. The van der Waals surface area contributed by atoms with Crippen LogP contribution in [0.2, 0.25) is 0 Å². The highest BCUT2D eigenvalue weighted by atomic mass is 16.4. The van der Waals surface area contributed by atoms with E-state index in [1.54, 1.807) is 42.5 Å². The number of benzene rings is 2. The minimum atomic E-state index is -1.32. The quantitative estimate of drug-likeness (QED) is 0.648. The second-order valence-corrected chi connectivity index (χ2v) is 5.95. The van der Waals surface area contributed by atoms with Crippen LogP contribution in [0.15, 0.2) is 42.5 Å². The molecule has 1 aliphatic rings. The van der Waals surface area contributed by atoms with Crippen LogP contribution in [0.5, 0.6) is 0 Å². The Morgan fingerprint density at radius 2 is 1.65 bits per heavy atom. The summed E-state index contributed by atoms with van der Waals surface area (Å²) in [6.45, 7) is 1.18. The van der Waals surface area contributed by atoms with E-state index in [4.69, 9.17) is 5.11 Å². The summed E-state index contributed by atoms with van der Waals surface area (Å²) in [5.41, 5.74) is 2.82. The van der Waals surface area contributed by atoms with E-state index in [1.165, 1.54) is 6.92 Å². The second-order valence-electron chi connectivity index (χ2n) is 5.95. The molecule has 1 unspecified atom stereocenters. The maximum absolute atomic E-state index is 12.5. The molecule has 26 heavy (non-hydrogen) atoms. The van der Waals surface area contributed by atoms with E-state index in [1.807, 2.05) is 0 Å². The number of carboxylic acids is 1. The highest BCUT2D eigenvalue weighted by Crippen LogP contribution is 2.41. The normalized spacial score (nSPS) is 12.7. The number of carbonyl (C=O) groups is 4. The maximum Gasteiger partial charge on any atom is 0.326 e. The molecule has 0 aliphatic heterocycles. The predicted molar refractivity (Wildman–Crippen MR) is 93.8 cm³/mol. The lowest BCUT2D eigenvalue weighted by atomic mass is 10.0. The summed E-state index contributed by atoms with van der Waals surface area (Å²) in [6.07, 6.45) is -0.422. The Morgan fingerprint density at radius 1 is 1.00 bits per heavy atom. The molecule has 0 saturated heterocycles. The van der Waals surface area contributed by atoms with E-state index in [-0.39, 0.29) is 5.78 Å². The minimum absolute atomic E-state index is 0.117. The average molecular weight is 352 g/mol.